The van der Waals surface area contributed by atoms with Crippen LogP contribution in [0.3, 0.4) is 0 Å². The summed E-state index contributed by atoms with van der Waals surface area (Å²) in [6, 6.07) is 3.65. The van der Waals surface area contributed by atoms with Crippen LogP contribution < -0.4 is 9.46 Å². The average Bonchev–Trinajstić information content (AvgIpc) is 3.27. The van der Waals surface area contributed by atoms with E-state index in [0.29, 0.717) is 11.6 Å². The Hall–Kier alpha value is -2.09. The molecule has 3 rings (SSSR count). The molecule has 1 N–H and O–H groups in total. The molecule has 8 heteroatoms. The number of anilines is 1. The van der Waals surface area contributed by atoms with Crippen molar-refractivity contribution < 1.29 is 17.5 Å². The Kier molecular flexibility index (Phi) is 4.01. The molecular formula is C15H18FN3O3S. The fourth-order valence-electron chi connectivity index (χ4n) is 2.43. The van der Waals surface area contributed by atoms with Crippen LogP contribution in [-0.2, 0) is 10.0 Å². The highest BCUT2D eigenvalue weighted by Gasteiger charge is 2.29. The number of hydrogen-bond donors (Lipinski definition) is 1. The van der Waals surface area contributed by atoms with Gasteiger partial charge in [-0.2, -0.15) is 5.10 Å². The molecule has 0 saturated heterocycles. The van der Waals surface area contributed by atoms with E-state index in [1.54, 1.807) is 10.9 Å². The predicted octanol–water partition coefficient (Wildman–Crippen LogP) is 2.80. The second-order valence-electron chi connectivity index (χ2n) is 5.69. The van der Waals surface area contributed by atoms with E-state index >= 15 is 0 Å². The molecule has 1 aromatic heterocycles. The maximum absolute atomic E-state index is 13.4. The number of benzene rings is 1. The van der Waals surface area contributed by atoms with Gasteiger partial charge < -0.3 is 4.74 Å². The fraction of sp³-hybridized carbons (Fsp3) is 0.400. The Bertz CT molecular complexity index is 815. The van der Waals surface area contributed by atoms with Gasteiger partial charge in [0.15, 0.2) is 11.6 Å². The van der Waals surface area contributed by atoms with Crippen LogP contribution >= 0.6 is 0 Å². The molecule has 2 aromatic rings. The first kappa shape index (κ1) is 15.8. The Morgan fingerprint density at radius 2 is 2.17 bits per heavy atom. The van der Waals surface area contributed by atoms with Crippen LogP contribution in [-0.4, -0.2) is 25.3 Å². The summed E-state index contributed by atoms with van der Waals surface area (Å²) < 4.78 is 47.2. The summed E-state index contributed by atoms with van der Waals surface area (Å²) in [5.74, 6) is -0.121. The molecule has 1 saturated carbocycles. The number of ether oxygens (including phenoxy) is 1. The minimum Gasteiger partial charge on any atom is -0.494 e. The minimum atomic E-state index is -3.83. The van der Waals surface area contributed by atoms with Gasteiger partial charge in [-0.1, -0.05) is 0 Å². The molecular weight excluding hydrogens is 321 g/mol. The van der Waals surface area contributed by atoms with Crippen molar-refractivity contribution >= 4 is 15.7 Å². The van der Waals surface area contributed by atoms with Crippen molar-refractivity contribution in [2.75, 3.05) is 11.8 Å². The van der Waals surface area contributed by atoms with Crippen molar-refractivity contribution in [3.8, 4) is 5.75 Å². The van der Waals surface area contributed by atoms with E-state index in [4.69, 9.17) is 4.74 Å². The zero-order chi connectivity index (χ0) is 16.6. The summed E-state index contributed by atoms with van der Waals surface area (Å²) in [4.78, 5) is -0.0706. The second-order valence-corrected chi connectivity index (χ2v) is 7.37. The van der Waals surface area contributed by atoms with E-state index in [0.717, 1.165) is 12.1 Å². The van der Waals surface area contributed by atoms with Gasteiger partial charge in [-0.15, -0.1) is 0 Å². The van der Waals surface area contributed by atoms with E-state index in [9.17, 15) is 12.8 Å². The highest BCUT2D eigenvalue weighted by Crippen LogP contribution is 2.39. The summed E-state index contributed by atoms with van der Waals surface area (Å²) in [6.07, 6.45) is 5.49. The zero-order valence-corrected chi connectivity index (χ0v) is 13.7. The maximum atomic E-state index is 13.4. The smallest absolute Gasteiger partial charge is 0.262 e. The Labute approximate surface area is 134 Å². The van der Waals surface area contributed by atoms with E-state index < -0.39 is 15.8 Å². The highest BCUT2D eigenvalue weighted by atomic mass is 32.2. The van der Waals surface area contributed by atoms with Gasteiger partial charge in [0.05, 0.1) is 29.9 Å². The SMILES string of the molecule is COc1cc(S(=O)(=O)Nc2cnn([C@H](C)C3CC3)c2)ccc1F. The Balaban J connectivity index is 1.80. The average molecular weight is 339 g/mol. The molecule has 1 heterocycles. The van der Waals surface area contributed by atoms with Crippen molar-refractivity contribution in [1.29, 1.82) is 0 Å². The fourth-order valence-corrected chi connectivity index (χ4v) is 3.47. The lowest BCUT2D eigenvalue weighted by Crippen LogP contribution is -2.13. The van der Waals surface area contributed by atoms with Gasteiger partial charge in [-0.3, -0.25) is 9.40 Å². The lowest BCUT2D eigenvalue weighted by Gasteiger charge is -2.10. The zero-order valence-electron chi connectivity index (χ0n) is 12.9. The Morgan fingerprint density at radius 3 is 2.83 bits per heavy atom. The van der Waals surface area contributed by atoms with Crippen LogP contribution in [0.25, 0.3) is 0 Å². The number of methoxy groups -OCH3 is 1. The predicted molar refractivity (Wildman–Crippen MR) is 83.4 cm³/mol. The molecule has 0 radical (unpaired) electrons. The van der Waals surface area contributed by atoms with Crippen LogP contribution in [0.4, 0.5) is 10.1 Å². The molecule has 124 valence electrons. The van der Waals surface area contributed by atoms with Crippen LogP contribution in [0.2, 0.25) is 0 Å². The normalized spacial score (nSPS) is 16.1. The van der Waals surface area contributed by atoms with E-state index in [-0.39, 0.29) is 16.7 Å². The number of aromatic nitrogens is 2. The number of hydrogen-bond acceptors (Lipinski definition) is 4. The van der Waals surface area contributed by atoms with Gasteiger partial charge in [-0.25, -0.2) is 12.8 Å². The van der Waals surface area contributed by atoms with Gasteiger partial charge in [0, 0.05) is 12.3 Å². The molecule has 0 spiro atoms. The van der Waals surface area contributed by atoms with E-state index in [1.165, 1.54) is 32.2 Å². The lowest BCUT2D eigenvalue weighted by molar-refractivity contribution is 0.385. The molecule has 0 bridgehead atoms. The largest absolute Gasteiger partial charge is 0.494 e. The standard InChI is InChI=1S/C15H18FN3O3S/c1-10(11-3-4-11)19-9-12(8-17-19)18-23(20,21)13-5-6-14(16)15(7-13)22-2/h5-11,18H,3-4H2,1-2H3/t10-/m1/s1. The molecule has 1 aliphatic carbocycles. The second kappa shape index (κ2) is 5.84. The summed E-state index contributed by atoms with van der Waals surface area (Å²) in [7, 11) is -2.55. The first-order chi connectivity index (χ1) is 10.9. The van der Waals surface area contributed by atoms with Crippen LogP contribution in [0.15, 0.2) is 35.5 Å². The number of nitrogens with one attached hydrogen (secondary N) is 1. The van der Waals surface area contributed by atoms with Gasteiger partial charge in [0.2, 0.25) is 0 Å². The molecule has 1 aliphatic rings. The molecule has 1 aromatic carbocycles. The van der Waals surface area contributed by atoms with Gasteiger partial charge >= 0.3 is 0 Å². The van der Waals surface area contributed by atoms with Crippen LogP contribution in [0.1, 0.15) is 25.8 Å². The topological polar surface area (TPSA) is 73.2 Å². The van der Waals surface area contributed by atoms with Gasteiger partial charge in [0.1, 0.15) is 0 Å². The molecule has 0 amide bonds. The molecule has 0 aliphatic heterocycles. The summed E-state index contributed by atoms with van der Waals surface area (Å²) >= 11 is 0. The van der Waals surface area contributed by atoms with Crippen LogP contribution in [0, 0.1) is 11.7 Å². The number of halogens is 1. The first-order valence-electron chi connectivity index (χ1n) is 7.31. The molecule has 23 heavy (non-hydrogen) atoms. The molecule has 0 unspecified atom stereocenters. The van der Waals surface area contributed by atoms with Crippen LogP contribution in [0.5, 0.6) is 5.75 Å². The molecule has 6 nitrogen and oxygen atoms in total. The highest BCUT2D eigenvalue weighted by molar-refractivity contribution is 7.92. The van der Waals surface area contributed by atoms with Crippen molar-refractivity contribution in [3.05, 3.63) is 36.4 Å². The maximum Gasteiger partial charge on any atom is 0.262 e. The Morgan fingerprint density at radius 1 is 1.43 bits per heavy atom. The summed E-state index contributed by atoms with van der Waals surface area (Å²) in [5, 5.41) is 4.21. The number of rotatable bonds is 6. The van der Waals surface area contributed by atoms with Crippen molar-refractivity contribution in [1.82, 2.24) is 9.78 Å². The van der Waals surface area contributed by atoms with Gasteiger partial charge in [-0.05, 0) is 37.8 Å². The molecule has 1 fully saturated rings. The quantitative estimate of drug-likeness (QED) is 0.878. The third-order valence-corrected chi connectivity index (χ3v) is 5.39. The lowest BCUT2D eigenvalue weighted by atomic mass is 10.2. The summed E-state index contributed by atoms with van der Waals surface area (Å²) in [6.45, 7) is 2.06. The summed E-state index contributed by atoms with van der Waals surface area (Å²) in [5.41, 5.74) is 0.376. The minimum absolute atomic E-state index is 0.0706. The third-order valence-electron chi connectivity index (χ3n) is 4.01. The molecule has 1 atom stereocenters. The van der Waals surface area contributed by atoms with Gasteiger partial charge in [0.25, 0.3) is 10.0 Å². The van der Waals surface area contributed by atoms with Crippen molar-refractivity contribution in [2.45, 2.75) is 30.7 Å². The number of sulfonamides is 1. The number of nitrogens with zero attached hydrogens (tertiary/aromatic N) is 2. The van der Waals surface area contributed by atoms with E-state index in [2.05, 4.69) is 16.7 Å². The van der Waals surface area contributed by atoms with E-state index in [1.807, 2.05) is 0 Å². The van der Waals surface area contributed by atoms with Crippen molar-refractivity contribution in [3.63, 3.8) is 0 Å². The first-order valence-corrected chi connectivity index (χ1v) is 8.79. The van der Waals surface area contributed by atoms with Crippen molar-refractivity contribution in [2.24, 2.45) is 5.92 Å². The monoisotopic (exact) mass is 339 g/mol. The third kappa shape index (κ3) is 3.31.